The molecular weight excluding hydrogens is 303 g/mol. The number of hydrogen-bond donors (Lipinski definition) is 0. The predicted molar refractivity (Wildman–Crippen MR) is 79.3 cm³/mol. The summed E-state index contributed by atoms with van der Waals surface area (Å²) in [5.41, 5.74) is 0.532. The quantitative estimate of drug-likeness (QED) is 0.526. The first-order chi connectivity index (χ1) is 11.1. The third-order valence-corrected chi connectivity index (χ3v) is 3.08. The van der Waals surface area contributed by atoms with E-state index in [0.717, 1.165) is 23.8 Å². The number of aromatic nitrogens is 1. The van der Waals surface area contributed by atoms with Gasteiger partial charge in [-0.3, -0.25) is 10.1 Å². The van der Waals surface area contributed by atoms with Gasteiger partial charge < -0.3 is 9.15 Å². The lowest BCUT2D eigenvalue weighted by molar-refractivity contribution is -0.386. The Morgan fingerprint density at radius 3 is 2.74 bits per heavy atom. The van der Waals surface area contributed by atoms with Crippen molar-refractivity contribution < 1.29 is 18.5 Å². The van der Waals surface area contributed by atoms with Crippen LogP contribution in [0.4, 0.5) is 10.1 Å². The lowest BCUT2D eigenvalue weighted by Gasteiger charge is -2.04. The van der Waals surface area contributed by atoms with Crippen LogP contribution in [0.5, 0.6) is 5.75 Å². The Morgan fingerprint density at radius 1 is 1.22 bits per heavy atom. The van der Waals surface area contributed by atoms with Crippen molar-refractivity contribution in [3.05, 3.63) is 76.6 Å². The summed E-state index contributed by atoms with van der Waals surface area (Å²) in [5.74, 6) is -0.00204. The Hall–Kier alpha value is -3.22. The molecule has 6 nitrogen and oxygen atoms in total. The molecule has 0 radical (unpaired) electrons. The Labute approximate surface area is 130 Å². The van der Waals surface area contributed by atoms with E-state index in [1.165, 1.54) is 6.20 Å². The van der Waals surface area contributed by atoms with Crippen molar-refractivity contribution in [1.82, 2.24) is 4.98 Å². The van der Waals surface area contributed by atoms with Gasteiger partial charge in [-0.25, -0.2) is 9.37 Å². The van der Waals surface area contributed by atoms with E-state index in [9.17, 15) is 14.5 Å². The largest absolute Gasteiger partial charge is 0.477 e. The van der Waals surface area contributed by atoms with E-state index in [1.807, 2.05) is 30.3 Å². The monoisotopic (exact) mass is 314 g/mol. The van der Waals surface area contributed by atoms with Crippen LogP contribution in [0, 0.1) is 15.9 Å². The first-order valence-electron chi connectivity index (χ1n) is 6.70. The molecule has 116 valence electrons. The predicted octanol–water partition coefficient (Wildman–Crippen LogP) is 3.97. The number of halogens is 1. The Balaban J connectivity index is 1.76. The number of oxazole rings is 1. The van der Waals surface area contributed by atoms with Gasteiger partial charge in [0.1, 0.15) is 5.82 Å². The fourth-order valence-electron chi connectivity index (χ4n) is 2.01. The lowest BCUT2D eigenvalue weighted by Crippen LogP contribution is -1.99. The third-order valence-electron chi connectivity index (χ3n) is 3.08. The number of nitro benzene ring substituents is 1. The first-order valence-corrected chi connectivity index (χ1v) is 6.70. The molecule has 0 spiro atoms. The van der Waals surface area contributed by atoms with Crippen molar-refractivity contribution >= 4 is 5.69 Å². The number of nitro groups is 1. The van der Waals surface area contributed by atoms with Crippen LogP contribution in [0.3, 0.4) is 0 Å². The fourth-order valence-corrected chi connectivity index (χ4v) is 2.01. The van der Waals surface area contributed by atoms with Crippen LogP contribution in [-0.2, 0) is 6.61 Å². The van der Waals surface area contributed by atoms with Crippen LogP contribution >= 0.6 is 0 Å². The lowest BCUT2D eigenvalue weighted by atomic mass is 10.2. The Kier molecular flexibility index (Phi) is 4.01. The van der Waals surface area contributed by atoms with E-state index in [2.05, 4.69) is 4.98 Å². The van der Waals surface area contributed by atoms with Crippen molar-refractivity contribution in [3.8, 4) is 17.1 Å². The number of benzene rings is 2. The van der Waals surface area contributed by atoms with Gasteiger partial charge in [0.25, 0.3) is 0 Å². The first kappa shape index (κ1) is 14.7. The highest BCUT2D eigenvalue weighted by Gasteiger charge is 2.17. The average molecular weight is 314 g/mol. The number of rotatable bonds is 5. The van der Waals surface area contributed by atoms with Crippen molar-refractivity contribution in [2.24, 2.45) is 0 Å². The summed E-state index contributed by atoms with van der Waals surface area (Å²) < 4.78 is 24.0. The maximum absolute atomic E-state index is 13.2. The molecule has 0 N–H and O–H groups in total. The second-order valence-corrected chi connectivity index (χ2v) is 4.64. The summed E-state index contributed by atoms with van der Waals surface area (Å²) in [7, 11) is 0. The highest BCUT2D eigenvalue weighted by Crippen LogP contribution is 2.28. The van der Waals surface area contributed by atoms with Crippen molar-refractivity contribution in [1.29, 1.82) is 0 Å². The minimum atomic E-state index is -0.639. The zero-order valence-corrected chi connectivity index (χ0v) is 11.8. The smallest absolute Gasteiger partial charge is 0.311 e. The molecule has 0 atom stereocenters. The molecule has 0 saturated carbocycles. The van der Waals surface area contributed by atoms with Gasteiger partial charge in [-0.15, -0.1) is 0 Å². The second-order valence-electron chi connectivity index (χ2n) is 4.64. The minimum absolute atomic E-state index is 0.142. The van der Waals surface area contributed by atoms with Crippen LogP contribution in [0.15, 0.2) is 59.1 Å². The molecule has 0 saturated heterocycles. The molecule has 23 heavy (non-hydrogen) atoms. The average Bonchev–Trinajstić information content (AvgIpc) is 3.02. The molecule has 1 aromatic heterocycles. The van der Waals surface area contributed by atoms with E-state index in [1.54, 1.807) is 0 Å². The summed E-state index contributed by atoms with van der Waals surface area (Å²) in [4.78, 5) is 14.3. The second kappa shape index (κ2) is 6.27. The van der Waals surface area contributed by atoms with Gasteiger partial charge in [-0.1, -0.05) is 30.3 Å². The van der Waals surface area contributed by atoms with Crippen molar-refractivity contribution in [2.45, 2.75) is 6.61 Å². The summed E-state index contributed by atoms with van der Waals surface area (Å²) in [6.07, 6.45) is 1.54. The summed E-state index contributed by atoms with van der Waals surface area (Å²) in [6.45, 7) is -0.142. The van der Waals surface area contributed by atoms with Gasteiger partial charge >= 0.3 is 5.69 Å². The van der Waals surface area contributed by atoms with E-state index in [0.29, 0.717) is 5.76 Å². The van der Waals surface area contributed by atoms with Gasteiger partial charge in [-0.2, -0.15) is 0 Å². The summed E-state index contributed by atoms with van der Waals surface area (Å²) in [6, 6.07) is 12.4. The molecule has 0 aliphatic heterocycles. The van der Waals surface area contributed by atoms with E-state index in [-0.39, 0.29) is 23.9 Å². The molecule has 2 aromatic carbocycles. The van der Waals surface area contributed by atoms with Crippen LogP contribution in [0.1, 0.15) is 5.89 Å². The normalized spacial score (nSPS) is 10.5. The topological polar surface area (TPSA) is 78.4 Å². The van der Waals surface area contributed by atoms with Gasteiger partial charge in [-0.05, 0) is 6.07 Å². The van der Waals surface area contributed by atoms with E-state index in [4.69, 9.17) is 9.15 Å². The van der Waals surface area contributed by atoms with Gasteiger partial charge in [0.05, 0.1) is 11.1 Å². The molecule has 0 aliphatic rings. The number of hydrogen-bond acceptors (Lipinski definition) is 5. The van der Waals surface area contributed by atoms with Gasteiger partial charge in [0.2, 0.25) is 11.6 Å². The highest BCUT2D eigenvalue weighted by atomic mass is 19.1. The SMILES string of the molecule is O=[N+]([O-])c1ccc(F)cc1OCc1ncc(-c2ccccc2)o1. The Morgan fingerprint density at radius 2 is 2.00 bits per heavy atom. The zero-order chi connectivity index (χ0) is 16.2. The summed E-state index contributed by atoms with van der Waals surface area (Å²) >= 11 is 0. The van der Waals surface area contributed by atoms with Gasteiger partial charge in [0, 0.05) is 17.7 Å². The number of ether oxygens (including phenoxy) is 1. The maximum atomic E-state index is 13.2. The molecule has 3 rings (SSSR count). The number of nitrogens with zero attached hydrogens (tertiary/aromatic N) is 2. The molecular formula is C16H11FN2O4. The van der Waals surface area contributed by atoms with Crippen LogP contribution in [-0.4, -0.2) is 9.91 Å². The molecule has 0 fully saturated rings. The molecule has 7 heteroatoms. The maximum Gasteiger partial charge on any atom is 0.311 e. The zero-order valence-electron chi connectivity index (χ0n) is 11.8. The van der Waals surface area contributed by atoms with Crippen molar-refractivity contribution in [3.63, 3.8) is 0 Å². The van der Waals surface area contributed by atoms with Crippen LogP contribution in [0.25, 0.3) is 11.3 Å². The highest BCUT2D eigenvalue weighted by molar-refractivity contribution is 5.55. The van der Waals surface area contributed by atoms with Crippen molar-refractivity contribution in [2.75, 3.05) is 0 Å². The fraction of sp³-hybridized carbons (Fsp3) is 0.0625. The van der Waals surface area contributed by atoms with Crippen LogP contribution in [0.2, 0.25) is 0 Å². The third kappa shape index (κ3) is 3.34. The molecule has 0 unspecified atom stereocenters. The van der Waals surface area contributed by atoms with E-state index >= 15 is 0 Å². The Bertz CT molecular complexity index is 833. The van der Waals surface area contributed by atoms with E-state index < -0.39 is 10.7 Å². The molecule has 0 bridgehead atoms. The van der Waals surface area contributed by atoms with Crippen LogP contribution < -0.4 is 4.74 Å². The molecule has 3 aromatic rings. The molecule has 0 amide bonds. The molecule has 1 heterocycles. The summed E-state index contributed by atoms with van der Waals surface area (Å²) in [5, 5.41) is 10.9. The minimum Gasteiger partial charge on any atom is -0.477 e. The van der Waals surface area contributed by atoms with Gasteiger partial charge in [0.15, 0.2) is 12.4 Å². The standard InChI is InChI=1S/C16H11FN2O4/c17-12-6-7-13(19(20)21)14(8-12)22-10-16-18-9-15(23-16)11-4-2-1-3-5-11/h1-9H,10H2. The molecule has 0 aliphatic carbocycles.